The maximum atomic E-state index is 13.9. The number of nitrogens with one attached hydrogen (secondary N) is 2. The molecule has 0 saturated carbocycles. The Morgan fingerprint density at radius 2 is 1.54 bits per heavy atom. The molecule has 18 heteroatoms. The first-order valence-corrected chi connectivity index (χ1v) is 16.1. The van der Waals surface area contributed by atoms with Gasteiger partial charge in [-0.25, -0.2) is 14.8 Å². The van der Waals surface area contributed by atoms with Crippen LogP contribution in [0, 0.1) is 5.92 Å². The van der Waals surface area contributed by atoms with E-state index < -0.39 is 59.9 Å². The van der Waals surface area contributed by atoms with Crippen LogP contribution in [0.3, 0.4) is 0 Å². The summed E-state index contributed by atoms with van der Waals surface area (Å²) in [5, 5.41) is 14.8. The Bertz CT molecular complexity index is 1490. The van der Waals surface area contributed by atoms with Crippen molar-refractivity contribution in [2.24, 2.45) is 5.92 Å². The van der Waals surface area contributed by atoms with Gasteiger partial charge in [-0.2, -0.15) is 26.3 Å². The van der Waals surface area contributed by atoms with Crippen molar-refractivity contribution < 1.29 is 50.6 Å². The number of anilines is 2. The van der Waals surface area contributed by atoms with Crippen molar-refractivity contribution in [2.75, 3.05) is 62.2 Å². The first-order valence-electron chi connectivity index (χ1n) is 16.1. The maximum absolute atomic E-state index is 13.9. The zero-order chi connectivity index (χ0) is 36.9. The Hall–Kier alpha value is -4.35. The van der Waals surface area contributed by atoms with Crippen LogP contribution < -0.4 is 20.4 Å². The van der Waals surface area contributed by atoms with Gasteiger partial charge in [0.05, 0.1) is 18.1 Å². The van der Waals surface area contributed by atoms with Crippen molar-refractivity contribution in [3.63, 3.8) is 0 Å². The van der Waals surface area contributed by atoms with E-state index in [2.05, 4.69) is 20.6 Å². The van der Waals surface area contributed by atoms with Crippen molar-refractivity contribution >= 4 is 29.5 Å². The third-order valence-electron chi connectivity index (χ3n) is 8.15. The molecule has 4 rings (SSSR count). The largest absolute Gasteiger partial charge is 0.451 e. The van der Waals surface area contributed by atoms with Crippen LogP contribution in [0.15, 0.2) is 30.3 Å². The van der Waals surface area contributed by atoms with Crippen LogP contribution in [-0.4, -0.2) is 102 Å². The van der Waals surface area contributed by atoms with E-state index in [1.54, 1.807) is 30.6 Å². The Kier molecular flexibility index (Phi) is 12.1. The summed E-state index contributed by atoms with van der Waals surface area (Å²) in [7, 11) is 0. The number of piperazine rings is 1. The summed E-state index contributed by atoms with van der Waals surface area (Å²) in [5.74, 6) is -2.83. The average molecular weight is 718 g/mol. The lowest BCUT2D eigenvalue weighted by Crippen LogP contribution is -2.56. The van der Waals surface area contributed by atoms with Gasteiger partial charge in [0.1, 0.15) is 23.3 Å². The number of halogens is 6. The van der Waals surface area contributed by atoms with Crippen LogP contribution in [0.5, 0.6) is 0 Å². The number of piperidine rings is 1. The van der Waals surface area contributed by atoms with Crippen molar-refractivity contribution in [3.8, 4) is 0 Å². The van der Waals surface area contributed by atoms with Crippen molar-refractivity contribution in [1.82, 2.24) is 25.5 Å². The number of hydrogen-bond donors (Lipinski definition) is 3. The molecule has 2 saturated heterocycles. The molecule has 3 amide bonds. The van der Waals surface area contributed by atoms with Gasteiger partial charge in [0.25, 0.3) is 0 Å². The summed E-state index contributed by atoms with van der Waals surface area (Å²) < 4.78 is 85.4. The molecule has 12 nitrogen and oxygen atoms in total. The topological polar surface area (TPSA) is 140 Å². The van der Waals surface area contributed by atoms with E-state index in [0.29, 0.717) is 31.4 Å². The van der Waals surface area contributed by atoms with E-state index >= 15 is 0 Å². The highest BCUT2D eigenvalue weighted by molar-refractivity contribution is 5.86. The molecule has 276 valence electrons. The number of aromatic nitrogens is 2. The Balaban J connectivity index is 1.38. The number of hydrogen-bond acceptors (Lipinski definition) is 9. The van der Waals surface area contributed by atoms with Gasteiger partial charge in [0, 0.05) is 51.9 Å². The fraction of sp³-hybridized carbons (Fsp3) is 0.594. The van der Waals surface area contributed by atoms with Crippen LogP contribution in [0.25, 0.3) is 0 Å². The minimum atomic E-state index is -4.87. The highest BCUT2D eigenvalue weighted by atomic mass is 19.4. The molecule has 2 aliphatic rings. The van der Waals surface area contributed by atoms with Crippen LogP contribution in [0.1, 0.15) is 50.6 Å². The van der Waals surface area contributed by atoms with Gasteiger partial charge in [-0.15, -0.1) is 0 Å². The quantitative estimate of drug-likeness (QED) is 0.332. The smallest absolute Gasteiger partial charge is 0.444 e. The normalized spacial score (nSPS) is 18.0. The molecule has 1 unspecified atom stereocenters. The summed E-state index contributed by atoms with van der Waals surface area (Å²) in [6, 6.07) is 4.77. The van der Waals surface area contributed by atoms with Gasteiger partial charge in [-0.3, -0.25) is 9.59 Å². The SMILES string of the molecule is CC(C)(C)OC(=O)NC(CO)C(=O)N1CCN(c2cc(N3CCC[C@@H](C(=O)NCCc4ccc(C(F)(F)F)cc4)C3)nc(C(F)(F)F)n2)CC1. The van der Waals surface area contributed by atoms with Crippen molar-refractivity contribution in [2.45, 2.75) is 64.0 Å². The van der Waals surface area contributed by atoms with Gasteiger partial charge in [-0.05, 0) is 57.7 Å². The average Bonchev–Trinajstić information content (AvgIpc) is 3.05. The highest BCUT2D eigenvalue weighted by Gasteiger charge is 2.38. The number of alkyl carbamates (subject to hydrolysis) is 1. The molecule has 50 heavy (non-hydrogen) atoms. The second kappa shape index (κ2) is 15.7. The van der Waals surface area contributed by atoms with E-state index in [0.717, 1.165) is 12.1 Å². The van der Waals surface area contributed by atoms with Crippen LogP contribution in [-0.2, 0) is 33.1 Å². The summed E-state index contributed by atoms with van der Waals surface area (Å²) in [5.41, 5.74) is -0.993. The Morgan fingerprint density at radius 3 is 2.10 bits per heavy atom. The Morgan fingerprint density at radius 1 is 0.920 bits per heavy atom. The molecule has 0 bridgehead atoms. The zero-order valence-electron chi connectivity index (χ0n) is 27.9. The third-order valence-corrected chi connectivity index (χ3v) is 8.15. The summed E-state index contributed by atoms with van der Waals surface area (Å²) in [6.45, 7) is 5.21. The molecule has 0 aliphatic carbocycles. The van der Waals surface area contributed by atoms with Crippen molar-refractivity contribution in [1.29, 1.82) is 0 Å². The number of aliphatic hydroxyl groups excluding tert-OH is 1. The first kappa shape index (κ1) is 38.5. The molecule has 2 atom stereocenters. The third kappa shape index (κ3) is 10.6. The molecule has 1 aromatic heterocycles. The predicted octanol–water partition coefficient (Wildman–Crippen LogP) is 3.62. The fourth-order valence-corrected chi connectivity index (χ4v) is 5.62. The number of ether oxygens (including phenoxy) is 1. The van der Waals surface area contributed by atoms with E-state index in [9.17, 15) is 45.8 Å². The number of benzene rings is 1. The number of amides is 3. The van der Waals surface area contributed by atoms with Gasteiger partial charge < -0.3 is 35.2 Å². The molecule has 1 aromatic carbocycles. The van der Waals surface area contributed by atoms with Crippen LogP contribution >= 0.6 is 0 Å². The molecule has 0 spiro atoms. The number of alkyl halides is 6. The highest BCUT2D eigenvalue weighted by Crippen LogP contribution is 2.32. The molecule has 2 aliphatic heterocycles. The zero-order valence-corrected chi connectivity index (χ0v) is 27.9. The van der Waals surface area contributed by atoms with Gasteiger partial charge >= 0.3 is 18.4 Å². The lowest BCUT2D eigenvalue weighted by atomic mass is 9.97. The lowest BCUT2D eigenvalue weighted by Gasteiger charge is -2.38. The van der Waals surface area contributed by atoms with Gasteiger partial charge in [0.15, 0.2) is 0 Å². The number of nitrogens with zero attached hydrogens (tertiary/aromatic N) is 5. The predicted molar refractivity (Wildman–Crippen MR) is 169 cm³/mol. The number of aliphatic hydroxyl groups is 1. The maximum Gasteiger partial charge on any atom is 0.451 e. The number of carbonyl (C=O) groups excluding carboxylic acids is 3. The molecule has 2 fully saturated rings. The van der Waals surface area contributed by atoms with E-state index in [4.69, 9.17) is 4.74 Å². The number of carbonyl (C=O) groups is 3. The molecule has 3 heterocycles. The summed E-state index contributed by atoms with van der Waals surface area (Å²) in [4.78, 5) is 50.2. The molecular formula is C32H41F6N7O5. The first-order chi connectivity index (χ1) is 23.3. The monoisotopic (exact) mass is 717 g/mol. The minimum absolute atomic E-state index is 0.00927. The van der Waals surface area contributed by atoms with E-state index in [1.165, 1.54) is 23.1 Å². The second-order valence-corrected chi connectivity index (χ2v) is 13.1. The summed E-state index contributed by atoms with van der Waals surface area (Å²) in [6.07, 6.45) is -8.91. The van der Waals surface area contributed by atoms with Gasteiger partial charge in [-0.1, -0.05) is 12.1 Å². The van der Waals surface area contributed by atoms with Gasteiger partial charge in [0.2, 0.25) is 17.6 Å². The Labute approximate surface area is 285 Å². The fourth-order valence-electron chi connectivity index (χ4n) is 5.62. The molecular weight excluding hydrogens is 676 g/mol. The molecule has 3 N–H and O–H groups in total. The van der Waals surface area contributed by atoms with Crippen LogP contribution in [0.2, 0.25) is 0 Å². The van der Waals surface area contributed by atoms with E-state index in [1.807, 2.05) is 0 Å². The van der Waals surface area contributed by atoms with Crippen molar-refractivity contribution in [3.05, 3.63) is 47.3 Å². The lowest BCUT2D eigenvalue weighted by molar-refractivity contribution is -0.145. The molecule has 2 aromatic rings. The summed E-state index contributed by atoms with van der Waals surface area (Å²) >= 11 is 0. The second-order valence-electron chi connectivity index (χ2n) is 13.1. The standard InChI is InChI=1S/C32H41F6N7O5/c1-30(2,3)50-29(49)40-23(19-46)27(48)44-15-13-43(14-16-44)24-17-25(42-28(41-24)32(36,37)38)45-12-4-5-21(18-45)26(47)39-11-10-20-6-8-22(9-7-20)31(33,34)35/h6-9,17,21,23,46H,4-5,10-16,18-19H2,1-3H3,(H,39,47)(H,40,49)/t21-,23?/m1/s1. The number of rotatable bonds is 9. The molecule has 0 radical (unpaired) electrons. The van der Waals surface area contributed by atoms with Crippen LogP contribution in [0.4, 0.5) is 42.8 Å². The minimum Gasteiger partial charge on any atom is -0.444 e. The van der Waals surface area contributed by atoms with E-state index in [-0.39, 0.29) is 56.8 Å².